The molecule has 1 atom stereocenters. The summed E-state index contributed by atoms with van der Waals surface area (Å²) in [6, 6.07) is 8.95. The zero-order valence-corrected chi connectivity index (χ0v) is 12.9. The highest BCUT2D eigenvalue weighted by molar-refractivity contribution is 7.92. The van der Waals surface area contributed by atoms with Crippen LogP contribution in [0.2, 0.25) is 0 Å². The van der Waals surface area contributed by atoms with Crippen LogP contribution in [0.1, 0.15) is 31.9 Å². The molecule has 0 bridgehead atoms. The van der Waals surface area contributed by atoms with E-state index in [-0.39, 0.29) is 11.1 Å². The second kappa shape index (κ2) is 6.73. The quantitative estimate of drug-likeness (QED) is 0.732. The van der Waals surface area contributed by atoms with E-state index in [0.29, 0.717) is 5.69 Å². The summed E-state index contributed by atoms with van der Waals surface area (Å²) in [5, 5.41) is 9.52. The molecule has 0 radical (unpaired) electrons. The molecule has 7 heteroatoms. The molecule has 0 saturated carbocycles. The van der Waals surface area contributed by atoms with E-state index in [9.17, 15) is 8.42 Å². The van der Waals surface area contributed by atoms with Crippen molar-refractivity contribution >= 4 is 15.7 Å². The largest absolute Gasteiger partial charge is 0.310 e. The first kappa shape index (κ1) is 15.5. The Hall–Kier alpha value is -1.86. The number of anilines is 1. The molecule has 2 rings (SSSR count). The van der Waals surface area contributed by atoms with Gasteiger partial charge in [0.25, 0.3) is 10.0 Å². The van der Waals surface area contributed by atoms with Gasteiger partial charge in [0.05, 0.1) is 6.20 Å². The van der Waals surface area contributed by atoms with E-state index >= 15 is 0 Å². The van der Waals surface area contributed by atoms with E-state index in [1.54, 1.807) is 6.07 Å². The summed E-state index contributed by atoms with van der Waals surface area (Å²) in [6.45, 7) is 5.08. The van der Waals surface area contributed by atoms with Crippen molar-refractivity contribution in [1.29, 1.82) is 0 Å². The summed E-state index contributed by atoms with van der Waals surface area (Å²) in [4.78, 5) is 0. The minimum absolute atomic E-state index is 0.0464. The predicted molar refractivity (Wildman–Crippen MR) is 82.5 cm³/mol. The molecule has 0 amide bonds. The van der Waals surface area contributed by atoms with E-state index in [4.69, 9.17) is 0 Å². The third-order valence-electron chi connectivity index (χ3n) is 3.10. The van der Waals surface area contributed by atoms with Gasteiger partial charge in [0.1, 0.15) is 0 Å². The van der Waals surface area contributed by atoms with Crippen LogP contribution in [0.25, 0.3) is 0 Å². The number of rotatable bonds is 7. The van der Waals surface area contributed by atoms with Gasteiger partial charge in [0.15, 0.2) is 5.03 Å². The molecule has 0 aliphatic carbocycles. The standard InChI is InChI=1S/C14H20N4O2S/c1-3-8-15-11(2)12-5-4-6-13(10-12)18-21(19,20)14-7-9-16-17-14/h4-7,9-11,15,18H,3,8H2,1-2H3,(H,16,17). The van der Waals surface area contributed by atoms with Gasteiger partial charge in [0, 0.05) is 11.7 Å². The van der Waals surface area contributed by atoms with E-state index < -0.39 is 10.0 Å². The Kier molecular flexibility index (Phi) is 4.98. The summed E-state index contributed by atoms with van der Waals surface area (Å²) in [5.74, 6) is 0. The molecule has 0 saturated heterocycles. The summed E-state index contributed by atoms with van der Waals surface area (Å²) in [5.41, 5.74) is 1.57. The zero-order valence-electron chi connectivity index (χ0n) is 12.1. The van der Waals surface area contributed by atoms with Crippen molar-refractivity contribution in [3.8, 4) is 0 Å². The molecule has 6 nitrogen and oxygen atoms in total. The van der Waals surface area contributed by atoms with Crippen LogP contribution in [0, 0.1) is 0 Å². The Labute approximate surface area is 125 Å². The van der Waals surface area contributed by atoms with Gasteiger partial charge in [-0.1, -0.05) is 19.1 Å². The highest BCUT2D eigenvalue weighted by Crippen LogP contribution is 2.19. The number of sulfonamides is 1. The molecule has 2 aromatic rings. The second-order valence-electron chi connectivity index (χ2n) is 4.83. The normalized spacial score (nSPS) is 13.0. The van der Waals surface area contributed by atoms with E-state index in [1.807, 2.05) is 18.2 Å². The topological polar surface area (TPSA) is 86.9 Å². The molecule has 0 fully saturated rings. The van der Waals surface area contributed by atoms with Crippen LogP contribution >= 0.6 is 0 Å². The van der Waals surface area contributed by atoms with Crippen molar-refractivity contribution in [3.05, 3.63) is 42.1 Å². The number of aromatic amines is 1. The van der Waals surface area contributed by atoms with Crippen molar-refractivity contribution in [2.45, 2.75) is 31.3 Å². The number of aromatic nitrogens is 2. The molecular formula is C14H20N4O2S. The molecule has 0 spiro atoms. The molecule has 0 aliphatic heterocycles. The van der Waals surface area contributed by atoms with Gasteiger partial charge in [-0.05, 0) is 43.7 Å². The average molecular weight is 308 g/mol. The maximum absolute atomic E-state index is 12.1. The lowest BCUT2D eigenvalue weighted by molar-refractivity contribution is 0.571. The van der Waals surface area contributed by atoms with Gasteiger partial charge >= 0.3 is 0 Å². The van der Waals surface area contributed by atoms with Crippen LogP contribution in [-0.2, 0) is 10.0 Å². The van der Waals surface area contributed by atoms with Crippen LogP contribution in [0.5, 0.6) is 0 Å². The first-order valence-electron chi connectivity index (χ1n) is 6.88. The minimum atomic E-state index is -3.62. The summed E-state index contributed by atoms with van der Waals surface area (Å²) >= 11 is 0. The number of benzene rings is 1. The average Bonchev–Trinajstić information content (AvgIpc) is 2.99. The van der Waals surface area contributed by atoms with Crippen LogP contribution in [-0.4, -0.2) is 25.2 Å². The Morgan fingerprint density at radius 2 is 2.14 bits per heavy atom. The highest BCUT2D eigenvalue weighted by Gasteiger charge is 2.16. The zero-order chi connectivity index (χ0) is 15.3. The third-order valence-corrected chi connectivity index (χ3v) is 4.41. The fourth-order valence-corrected chi connectivity index (χ4v) is 2.91. The molecule has 1 unspecified atom stereocenters. The lowest BCUT2D eigenvalue weighted by Crippen LogP contribution is -2.19. The van der Waals surface area contributed by atoms with Crippen molar-refractivity contribution in [3.63, 3.8) is 0 Å². The molecule has 0 aliphatic rings. The van der Waals surface area contributed by atoms with Gasteiger partial charge in [-0.15, -0.1) is 0 Å². The lowest BCUT2D eigenvalue weighted by Gasteiger charge is -2.15. The van der Waals surface area contributed by atoms with E-state index in [0.717, 1.165) is 18.5 Å². The molecule has 1 heterocycles. The van der Waals surface area contributed by atoms with Crippen molar-refractivity contribution in [1.82, 2.24) is 15.5 Å². The van der Waals surface area contributed by atoms with Gasteiger partial charge in [0.2, 0.25) is 0 Å². The highest BCUT2D eigenvalue weighted by atomic mass is 32.2. The van der Waals surface area contributed by atoms with E-state index in [1.165, 1.54) is 12.3 Å². The molecule has 21 heavy (non-hydrogen) atoms. The first-order chi connectivity index (χ1) is 10.0. The Morgan fingerprint density at radius 1 is 1.33 bits per heavy atom. The monoisotopic (exact) mass is 308 g/mol. The molecule has 3 N–H and O–H groups in total. The second-order valence-corrected chi connectivity index (χ2v) is 6.48. The van der Waals surface area contributed by atoms with Crippen molar-refractivity contribution in [2.24, 2.45) is 0 Å². The molecule has 1 aromatic heterocycles. The summed E-state index contributed by atoms with van der Waals surface area (Å²) in [7, 11) is -3.62. The maximum Gasteiger partial charge on any atom is 0.278 e. The molecular weight excluding hydrogens is 288 g/mol. The van der Waals surface area contributed by atoms with Crippen molar-refractivity contribution < 1.29 is 8.42 Å². The Morgan fingerprint density at radius 3 is 2.81 bits per heavy atom. The van der Waals surface area contributed by atoms with Crippen LogP contribution in [0.3, 0.4) is 0 Å². The summed E-state index contributed by atoms with van der Waals surface area (Å²) < 4.78 is 26.8. The first-order valence-corrected chi connectivity index (χ1v) is 8.37. The number of nitrogens with one attached hydrogen (secondary N) is 3. The fourth-order valence-electron chi connectivity index (χ4n) is 1.95. The van der Waals surface area contributed by atoms with Gasteiger partial charge in [-0.25, -0.2) is 0 Å². The van der Waals surface area contributed by atoms with Crippen LogP contribution in [0.15, 0.2) is 41.6 Å². The molecule has 1 aromatic carbocycles. The van der Waals surface area contributed by atoms with Crippen molar-refractivity contribution in [2.75, 3.05) is 11.3 Å². The number of hydrogen-bond acceptors (Lipinski definition) is 4. The van der Waals surface area contributed by atoms with Gasteiger partial charge < -0.3 is 5.32 Å². The number of H-pyrrole nitrogens is 1. The SMILES string of the molecule is CCCNC(C)c1cccc(NS(=O)(=O)c2ccn[nH]2)c1. The van der Waals surface area contributed by atoms with Crippen LogP contribution < -0.4 is 10.0 Å². The van der Waals surface area contributed by atoms with Crippen LogP contribution in [0.4, 0.5) is 5.69 Å². The molecule has 114 valence electrons. The number of nitrogens with zero attached hydrogens (tertiary/aromatic N) is 1. The predicted octanol–water partition coefficient (Wildman–Crippen LogP) is 2.27. The Bertz CT molecular complexity index is 668. The third kappa shape index (κ3) is 4.05. The maximum atomic E-state index is 12.1. The smallest absolute Gasteiger partial charge is 0.278 e. The lowest BCUT2D eigenvalue weighted by atomic mass is 10.1. The minimum Gasteiger partial charge on any atom is -0.310 e. The van der Waals surface area contributed by atoms with E-state index in [2.05, 4.69) is 34.1 Å². The van der Waals surface area contributed by atoms with Gasteiger partial charge in [-0.2, -0.15) is 13.5 Å². The number of hydrogen-bond donors (Lipinski definition) is 3. The summed E-state index contributed by atoms with van der Waals surface area (Å²) in [6.07, 6.45) is 2.46. The fraction of sp³-hybridized carbons (Fsp3) is 0.357. The van der Waals surface area contributed by atoms with Gasteiger partial charge in [-0.3, -0.25) is 9.82 Å². The Balaban J connectivity index is 2.15.